The number of hydrogen-bond donors (Lipinski definition) is 0. The van der Waals surface area contributed by atoms with Crippen molar-refractivity contribution < 1.29 is 33.3 Å². The molecule has 216 valence electrons. The maximum atomic E-state index is 14.0. The summed E-state index contributed by atoms with van der Waals surface area (Å²) in [5.41, 5.74) is 1.55. The first-order valence-electron chi connectivity index (χ1n) is 12.9. The van der Waals surface area contributed by atoms with E-state index in [4.69, 9.17) is 23.7 Å². The van der Waals surface area contributed by atoms with E-state index in [0.29, 0.717) is 37.7 Å². The van der Waals surface area contributed by atoms with Crippen LogP contribution in [0.3, 0.4) is 0 Å². The third-order valence-corrected chi connectivity index (χ3v) is 7.26. The Labute approximate surface area is 241 Å². The number of carbonyl (C=O) groups excluding carboxylic acids is 2. The molecule has 0 amide bonds. The zero-order valence-corrected chi connectivity index (χ0v) is 24.8. The Morgan fingerprint density at radius 1 is 1.02 bits per heavy atom. The molecule has 0 unspecified atom stereocenters. The number of benzene rings is 2. The molecule has 1 atom stereocenters. The maximum absolute atomic E-state index is 14.0. The van der Waals surface area contributed by atoms with E-state index < -0.39 is 18.0 Å². The van der Waals surface area contributed by atoms with Crippen LogP contribution in [-0.4, -0.2) is 44.4 Å². The first-order chi connectivity index (χ1) is 19.6. The van der Waals surface area contributed by atoms with E-state index in [-0.39, 0.29) is 35.2 Å². The quantitative estimate of drug-likeness (QED) is 0.280. The molecule has 41 heavy (non-hydrogen) atoms. The van der Waals surface area contributed by atoms with Crippen LogP contribution in [0.4, 0.5) is 0 Å². The van der Waals surface area contributed by atoms with Crippen molar-refractivity contribution >= 4 is 29.4 Å². The van der Waals surface area contributed by atoms with Gasteiger partial charge < -0.3 is 23.7 Å². The van der Waals surface area contributed by atoms with Crippen molar-refractivity contribution in [2.45, 2.75) is 33.7 Å². The lowest BCUT2D eigenvalue weighted by molar-refractivity contribution is -0.140. The summed E-state index contributed by atoms with van der Waals surface area (Å²) in [6.45, 7) is 7.09. The number of aromatic nitrogens is 1. The number of allylic oxidation sites excluding steroid dienone is 1. The largest absolute Gasteiger partial charge is 0.497 e. The van der Waals surface area contributed by atoms with Gasteiger partial charge >= 0.3 is 11.9 Å². The molecule has 0 N–H and O–H groups in total. The molecule has 0 aliphatic carbocycles. The standard InChI is InChI=1S/C30H32N2O8S/c1-16(2)15-39-29(35)26-17(3)31-30-32(27(26)20-9-11-22(40-18(4)33)24(12-20)38-7)28(34)25(41-30)13-19-8-10-21(36-5)14-23(19)37-6/h8-14,16,27H,15H2,1-7H3/b25-13+/t27-/m0/s1. The summed E-state index contributed by atoms with van der Waals surface area (Å²) in [7, 11) is 4.55. The molecule has 0 saturated heterocycles. The van der Waals surface area contributed by atoms with E-state index in [0.717, 1.165) is 0 Å². The van der Waals surface area contributed by atoms with Crippen LogP contribution in [-0.2, 0) is 14.3 Å². The molecular weight excluding hydrogens is 548 g/mol. The van der Waals surface area contributed by atoms with Gasteiger partial charge in [-0.2, -0.15) is 0 Å². The van der Waals surface area contributed by atoms with E-state index in [2.05, 4.69) is 4.99 Å². The van der Waals surface area contributed by atoms with Crippen LogP contribution in [0.1, 0.15) is 44.9 Å². The van der Waals surface area contributed by atoms with E-state index in [9.17, 15) is 14.4 Å². The Morgan fingerprint density at radius 2 is 1.76 bits per heavy atom. The summed E-state index contributed by atoms with van der Waals surface area (Å²) in [5, 5.41) is 0. The van der Waals surface area contributed by atoms with Crippen LogP contribution in [0, 0.1) is 5.92 Å². The van der Waals surface area contributed by atoms with E-state index in [1.54, 1.807) is 63.6 Å². The molecule has 1 aliphatic rings. The molecule has 0 fully saturated rings. The molecule has 3 aromatic rings. The Morgan fingerprint density at radius 3 is 2.39 bits per heavy atom. The van der Waals surface area contributed by atoms with Crippen molar-refractivity contribution in [2.75, 3.05) is 27.9 Å². The van der Waals surface area contributed by atoms with Gasteiger partial charge in [-0.25, -0.2) is 9.79 Å². The van der Waals surface area contributed by atoms with Gasteiger partial charge in [0.05, 0.1) is 49.8 Å². The van der Waals surface area contributed by atoms with Gasteiger partial charge in [-0.1, -0.05) is 31.3 Å². The Balaban J connectivity index is 1.94. The van der Waals surface area contributed by atoms with Gasteiger partial charge in [0.25, 0.3) is 5.56 Å². The second-order valence-electron chi connectivity index (χ2n) is 9.69. The fourth-order valence-corrected chi connectivity index (χ4v) is 5.43. The Kier molecular flexibility index (Phi) is 8.97. The monoisotopic (exact) mass is 580 g/mol. The van der Waals surface area contributed by atoms with Crippen molar-refractivity contribution in [1.29, 1.82) is 0 Å². The molecular formula is C30H32N2O8S. The second kappa shape index (κ2) is 12.4. The molecule has 1 aromatic heterocycles. The fraction of sp³-hybridized carbons (Fsp3) is 0.333. The van der Waals surface area contributed by atoms with E-state index in [1.165, 1.54) is 29.9 Å². The predicted molar refractivity (Wildman–Crippen MR) is 153 cm³/mol. The third kappa shape index (κ3) is 6.19. The molecule has 0 radical (unpaired) electrons. The van der Waals surface area contributed by atoms with Crippen LogP contribution in [0.15, 0.2) is 57.5 Å². The van der Waals surface area contributed by atoms with Crippen molar-refractivity contribution in [3.63, 3.8) is 0 Å². The minimum absolute atomic E-state index is 0.113. The number of methoxy groups -OCH3 is 3. The molecule has 2 heterocycles. The molecule has 10 nitrogen and oxygen atoms in total. The number of ether oxygens (including phenoxy) is 5. The summed E-state index contributed by atoms with van der Waals surface area (Å²) in [6, 6.07) is 9.33. The van der Waals surface area contributed by atoms with Crippen molar-refractivity contribution in [3.05, 3.63) is 78.5 Å². The number of rotatable bonds is 9. The predicted octanol–water partition coefficient (Wildman–Crippen LogP) is 3.39. The van der Waals surface area contributed by atoms with Crippen LogP contribution < -0.4 is 33.8 Å². The van der Waals surface area contributed by atoms with Crippen molar-refractivity contribution in [3.8, 4) is 23.0 Å². The molecule has 11 heteroatoms. The minimum Gasteiger partial charge on any atom is -0.497 e. The number of esters is 2. The first-order valence-corrected chi connectivity index (χ1v) is 13.7. The SMILES string of the molecule is COc1ccc(/C=c2/sc3n(c2=O)[C@@H](c2ccc(OC(C)=O)c(OC)c2)C(C(=O)OCC(C)C)=C(C)N=3)c(OC)c1. The van der Waals surface area contributed by atoms with Crippen LogP contribution in [0.2, 0.25) is 0 Å². The van der Waals surface area contributed by atoms with Gasteiger partial charge in [0.15, 0.2) is 16.3 Å². The van der Waals surface area contributed by atoms with Crippen LogP contribution in [0.5, 0.6) is 23.0 Å². The van der Waals surface area contributed by atoms with Gasteiger partial charge in [0.1, 0.15) is 11.5 Å². The topological polar surface area (TPSA) is 115 Å². The third-order valence-electron chi connectivity index (χ3n) is 6.27. The van der Waals surface area contributed by atoms with Gasteiger partial charge in [-0.3, -0.25) is 14.2 Å². The molecule has 2 aromatic carbocycles. The summed E-state index contributed by atoms with van der Waals surface area (Å²) in [5.74, 6) is 0.672. The summed E-state index contributed by atoms with van der Waals surface area (Å²) in [6.07, 6.45) is 1.72. The molecule has 0 saturated carbocycles. The lowest BCUT2D eigenvalue weighted by atomic mass is 9.95. The highest BCUT2D eigenvalue weighted by Crippen LogP contribution is 2.36. The van der Waals surface area contributed by atoms with Crippen LogP contribution >= 0.6 is 11.3 Å². The number of nitrogens with zero attached hydrogens (tertiary/aromatic N) is 2. The minimum atomic E-state index is -0.869. The highest BCUT2D eigenvalue weighted by atomic mass is 32.1. The zero-order valence-electron chi connectivity index (χ0n) is 24.0. The fourth-order valence-electron chi connectivity index (χ4n) is 4.39. The summed E-state index contributed by atoms with van der Waals surface area (Å²) in [4.78, 5) is 44.1. The lowest BCUT2D eigenvalue weighted by Crippen LogP contribution is -2.40. The normalized spacial score (nSPS) is 14.8. The van der Waals surface area contributed by atoms with Gasteiger partial charge in [-0.15, -0.1) is 0 Å². The molecule has 0 spiro atoms. The number of fused-ring (bicyclic) bond motifs is 1. The van der Waals surface area contributed by atoms with Crippen LogP contribution in [0.25, 0.3) is 6.08 Å². The summed E-state index contributed by atoms with van der Waals surface area (Å²) >= 11 is 1.20. The van der Waals surface area contributed by atoms with Gasteiger partial charge in [0, 0.05) is 18.6 Å². The number of thiazole rings is 1. The average molecular weight is 581 g/mol. The van der Waals surface area contributed by atoms with Gasteiger partial charge in [0.2, 0.25) is 0 Å². The summed E-state index contributed by atoms with van der Waals surface area (Å²) < 4.78 is 29.0. The average Bonchev–Trinajstić information content (AvgIpc) is 3.24. The molecule has 0 bridgehead atoms. The zero-order chi connectivity index (χ0) is 29.8. The van der Waals surface area contributed by atoms with E-state index >= 15 is 0 Å². The number of hydrogen-bond acceptors (Lipinski definition) is 10. The first kappa shape index (κ1) is 29.6. The lowest BCUT2D eigenvalue weighted by Gasteiger charge is -2.25. The van der Waals surface area contributed by atoms with Gasteiger partial charge in [-0.05, 0) is 48.7 Å². The number of carbonyl (C=O) groups is 2. The highest BCUT2D eigenvalue weighted by molar-refractivity contribution is 7.07. The molecule has 4 rings (SSSR count). The Hall–Kier alpha value is -4.38. The van der Waals surface area contributed by atoms with Crippen molar-refractivity contribution in [2.24, 2.45) is 10.9 Å². The maximum Gasteiger partial charge on any atom is 0.338 e. The molecule has 1 aliphatic heterocycles. The second-order valence-corrected chi connectivity index (χ2v) is 10.7. The highest BCUT2D eigenvalue weighted by Gasteiger charge is 2.34. The van der Waals surface area contributed by atoms with Crippen molar-refractivity contribution in [1.82, 2.24) is 4.57 Å². The Bertz CT molecular complexity index is 1700. The smallest absolute Gasteiger partial charge is 0.338 e. The van der Waals surface area contributed by atoms with E-state index in [1.807, 2.05) is 13.8 Å².